The van der Waals surface area contributed by atoms with Gasteiger partial charge in [-0.05, 0) is 44.5 Å². The van der Waals surface area contributed by atoms with E-state index in [0.29, 0.717) is 28.3 Å². The highest BCUT2D eigenvalue weighted by atomic mass is 19.1. The normalized spacial score (nSPS) is 25.5. The Balaban J connectivity index is 1.55. The largest absolute Gasteiger partial charge is 0.507 e. The van der Waals surface area contributed by atoms with Gasteiger partial charge in [0, 0.05) is 18.6 Å². The van der Waals surface area contributed by atoms with E-state index in [1.54, 1.807) is 19.2 Å². The van der Waals surface area contributed by atoms with Crippen molar-refractivity contribution in [3.63, 3.8) is 0 Å². The van der Waals surface area contributed by atoms with E-state index < -0.39 is 5.82 Å². The van der Waals surface area contributed by atoms with Gasteiger partial charge in [-0.15, -0.1) is 0 Å². The summed E-state index contributed by atoms with van der Waals surface area (Å²) in [5.74, 6) is 0.221. The van der Waals surface area contributed by atoms with E-state index in [0.717, 1.165) is 25.9 Å². The SMILES string of the molecule is CC1=NC2C(C)=C(O)C(c3cc(F)c4nn(C5CCNCC5)cc4n3)=CC2O1. The molecule has 2 unspecified atom stereocenters. The van der Waals surface area contributed by atoms with Gasteiger partial charge in [-0.2, -0.15) is 5.10 Å². The first-order chi connectivity index (χ1) is 13.5. The third kappa shape index (κ3) is 2.71. The molecule has 2 aromatic rings. The van der Waals surface area contributed by atoms with Crippen molar-refractivity contribution in [3.05, 3.63) is 41.2 Å². The lowest BCUT2D eigenvalue weighted by Gasteiger charge is -2.23. The first-order valence-electron chi connectivity index (χ1n) is 9.61. The number of aliphatic imine (C=N–C) groups is 1. The molecule has 0 aromatic carbocycles. The molecule has 1 saturated heterocycles. The summed E-state index contributed by atoms with van der Waals surface area (Å²) in [6.45, 7) is 5.46. The molecule has 2 N–H and O–H groups in total. The number of nitrogens with zero attached hydrogens (tertiary/aromatic N) is 4. The summed E-state index contributed by atoms with van der Waals surface area (Å²) in [5, 5.41) is 18.4. The van der Waals surface area contributed by atoms with Crippen molar-refractivity contribution in [3.8, 4) is 0 Å². The highest BCUT2D eigenvalue weighted by Crippen LogP contribution is 2.36. The minimum atomic E-state index is -0.444. The van der Waals surface area contributed by atoms with E-state index in [2.05, 4.69) is 20.4 Å². The van der Waals surface area contributed by atoms with Crippen LogP contribution in [0.4, 0.5) is 4.39 Å². The molecular weight excluding hydrogens is 361 g/mol. The van der Waals surface area contributed by atoms with Crippen LogP contribution in [0.1, 0.15) is 38.4 Å². The molecule has 0 saturated carbocycles. The molecule has 1 fully saturated rings. The maximum atomic E-state index is 14.8. The molecule has 3 aliphatic rings. The van der Waals surface area contributed by atoms with Gasteiger partial charge in [0.15, 0.2) is 11.7 Å². The first-order valence-corrected chi connectivity index (χ1v) is 9.61. The zero-order valence-corrected chi connectivity index (χ0v) is 15.8. The predicted octanol–water partition coefficient (Wildman–Crippen LogP) is 2.91. The Morgan fingerprint density at radius 3 is 2.86 bits per heavy atom. The van der Waals surface area contributed by atoms with Crippen LogP contribution in [0.5, 0.6) is 0 Å². The topological polar surface area (TPSA) is 84.6 Å². The lowest BCUT2D eigenvalue weighted by molar-refractivity contribution is 0.244. The Labute approximate surface area is 161 Å². The lowest BCUT2D eigenvalue weighted by atomic mass is 9.90. The zero-order valence-electron chi connectivity index (χ0n) is 15.8. The molecule has 0 bridgehead atoms. The summed E-state index contributed by atoms with van der Waals surface area (Å²) in [5.41, 5.74) is 2.29. The lowest BCUT2D eigenvalue weighted by Crippen LogP contribution is -2.29. The monoisotopic (exact) mass is 383 g/mol. The van der Waals surface area contributed by atoms with Crippen molar-refractivity contribution in [2.24, 2.45) is 4.99 Å². The maximum absolute atomic E-state index is 14.8. The van der Waals surface area contributed by atoms with Gasteiger partial charge in [-0.3, -0.25) is 4.68 Å². The second-order valence-corrected chi connectivity index (χ2v) is 7.60. The number of piperidine rings is 1. The van der Waals surface area contributed by atoms with Crippen LogP contribution in [0.25, 0.3) is 16.6 Å². The van der Waals surface area contributed by atoms with E-state index in [9.17, 15) is 9.50 Å². The standard InChI is InChI=1S/C20H22FN5O2/c1-10-18-17(28-11(2)23-18)7-13(20(10)27)15-8-14(21)19-16(24-15)9-26(25-19)12-3-5-22-6-4-12/h7-9,12,17-18,22,27H,3-6H2,1-2H3. The number of aliphatic hydroxyl groups is 1. The predicted molar refractivity (Wildman–Crippen MR) is 104 cm³/mol. The van der Waals surface area contributed by atoms with Crippen LogP contribution < -0.4 is 5.32 Å². The Morgan fingerprint density at radius 2 is 2.07 bits per heavy atom. The van der Waals surface area contributed by atoms with Crippen LogP contribution in [0, 0.1) is 5.82 Å². The summed E-state index contributed by atoms with van der Waals surface area (Å²) >= 11 is 0. The van der Waals surface area contributed by atoms with Crippen molar-refractivity contribution in [2.75, 3.05) is 13.1 Å². The van der Waals surface area contributed by atoms with Gasteiger partial charge >= 0.3 is 0 Å². The molecule has 146 valence electrons. The number of nitrogens with one attached hydrogen (secondary N) is 1. The molecule has 2 aromatic heterocycles. The second kappa shape index (κ2) is 6.41. The molecular formula is C20H22FN5O2. The van der Waals surface area contributed by atoms with E-state index in [4.69, 9.17) is 4.74 Å². The molecule has 0 amide bonds. The number of pyridine rings is 1. The number of aromatic nitrogens is 3. The van der Waals surface area contributed by atoms with E-state index in [1.165, 1.54) is 6.07 Å². The van der Waals surface area contributed by atoms with Crippen molar-refractivity contribution in [1.82, 2.24) is 20.1 Å². The minimum Gasteiger partial charge on any atom is -0.507 e. The Hall–Kier alpha value is -2.74. The third-order valence-corrected chi connectivity index (χ3v) is 5.74. The first kappa shape index (κ1) is 17.4. The van der Waals surface area contributed by atoms with Gasteiger partial charge in [-0.1, -0.05) is 0 Å². The Kier molecular flexibility index (Phi) is 3.97. The van der Waals surface area contributed by atoms with Crippen LogP contribution in [-0.2, 0) is 4.74 Å². The van der Waals surface area contributed by atoms with E-state index in [1.807, 2.05) is 11.6 Å². The van der Waals surface area contributed by atoms with Crippen molar-refractivity contribution >= 4 is 22.5 Å². The molecule has 5 rings (SSSR count). The van der Waals surface area contributed by atoms with Crippen LogP contribution in [0.2, 0.25) is 0 Å². The summed E-state index contributed by atoms with van der Waals surface area (Å²) in [6.07, 6.45) is 5.19. The van der Waals surface area contributed by atoms with Gasteiger partial charge in [-0.25, -0.2) is 14.4 Å². The number of fused-ring (bicyclic) bond motifs is 2. The van der Waals surface area contributed by atoms with Gasteiger partial charge in [0.25, 0.3) is 0 Å². The molecule has 0 radical (unpaired) electrons. The second-order valence-electron chi connectivity index (χ2n) is 7.60. The number of rotatable bonds is 2. The van der Waals surface area contributed by atoms with Crippen molar-refractivity contribution in [1.29, 1.82) is 0 Å². The number of hydrogen-bond acceptors (Lipinski definition) is 6. The summed E-state index contributed by atoms with van der Waals surface area (Å²) in [7, 11) is 0. The molecule has 2 aliphatic heterocycles. The quantitative estimate of drug-likeness (QED) is 0.833. The molecule has 0 spiro atoms. The average molecular weight is 383 g/mol. The van der Waals surface area contributed by atoms with E-state index in [-0.39, 0.29) is 29.5 Å². The smallest absolute Gasteiger partial charge is 0.181 e. The molecule has 1 aliphatic carbocycles. The highest BCUT2D eigenvalue weighted by molar-refractivity contribution is 5.85. The van der Waals surface area contributed by atoms with Crippen LogP contribution in [-0.4, -0.2) is 51.0 Å². The zero-order chi connectivity index (χ0) is 19.4. The Bertz CT molecular complexity index is 1050. The Morgan fingerprint density at radius 1 is 1.29 bits per heavy atom. The molecule has 8 heteroatoms. The van der Waals surface area contributed by atoms with Gasteiger partial charge < -0.3 is 15.2 Å². The summed E-state index contributed by atoms with van der Waals surface area (Å²) in [4.78, 5) is 9.01. The number of hydrogen-bond donors (Lipinski definition) is 2. The maximum Gasteiger partial charge on any atom is 0.181 e. The van der Waals surface area contributed by atoms with Crippen molar-refractivity contribution < 1.29 is 14.2 Å². The molecule has 2 atom stereocenters. The fourth-order valence-electron chi connectivity index (χ4n) is 4.21. The number of ether oxygens (including phenoxy) is 1. The summed E-state index contributed by atoms with van der Waals surface area (Å²) in [6, 6.07) is 1.34. The average Bonchev–Trinajstić information content (AvgIpc) is 3.29. The number of allylic oxidation sites excluding steroid dienone is 1. The van der Waals surface area contributed by atoms with Gasteiger partial charge in [0.2, 0.25) is 0 Å². The van der Waals surface area contributed by atoms with Crippen LogP contribution in [0.15, 0.2) is 34.7 Å². The fourth-order valence-corrected chi connectivity index (χ4v) is 4.21. The van der Waals surface area contributed by atoms with E-state index >= 15 is 0 Å². The van der Waals surface area contributed by atoms with Gasteiger partial charge in [0.05, 0.1) is 17.9 Å². The van der Waals surface area contributed by atoms with Gasteiger partial charge in [0.1, 0.15) is 28.9 Å². The number of halogens is 1. The van der Waals surface area contributed by atoms with Crippen LogP contribution in [0.3, 0.4) is 0 Å². The molecule has 7 nitrogen and oxygen atoms in total. The molecule has 28 heavy (non-hydrogen) atoms. The fraction of sp³-hybridized carbons (Fsp3) is 0.450. The minimum absolute atomic E-state index is 0.0836. The van der Waals surface area contributed by atoms with Crippen molar-refractivity contribution in [2.45, 2.75) is 44.9 Å². The van der Waals surface area contributed by atoms with Crippen LogP contribution >= 0.6 is 0 Å². The summed E-state index contributed by atoms with van der Waals surface area (Å²) < 4.78 is 22.4. The highest BCUT2D eigenvalue weighted by Gasteiger charge is 2.36. The third-order valence-electron chi connectivity index (χ3n) is 5.74. The molecule has 4 heterocycles. The number of aliphatic hydroxyl groups excluding tert-OH is 1.